The van der Waals surface area contributed by atoms with E-state index in [1.54, 1.807) is 19.3 Å². The number of rotatable bonds is 8. The quantitative estimate of drug-likeness (QED) is 0.716. The van der Waals surface area contributed by atoms with E-state index in [1.807, 2.05) is 17.0 Å². The molecule has 6 heteroatoms. The Morgan fingerprint density at radius 1 is 1.24 bits per heavy atom. The second-order valence-electron chi connectivity index (χ2n) is 6.20. The summed E-state index contributed by atoms with van der Waals surface area (Å²) in [5.41, 5.74) is 2.48. The molecule has 1 aliphatic rings. The molecule has 0 atom stereocenters. The summed E-state index contributed by atoms with van der Waals surface area (Å²) in [7, 11) is 0. The van der Waals surface area contributed by atoms with Crippen LogP contribution in [0.2, 0.25) is 0 Å². The highest BCUT2D eigenvalue weighted by molar-refractivity contribution is 8.13. The summed E-state index contributed by atoms with van der Waals surface area (Å²) in [5.74, 6) is 0.636. The normalized spacial score (nSPS) is 13.9. The van der Waals surface area contributed by atoms with Gasteiger partial charge in [0.1, 0.15) is 0 Å². The molecule has 136 valence electrons. The van der Waals surface area contributed by atoms with Gasteiger partial charge >= 0.3 is 6.03 Å². The lowest BCUT2D eigenvalue weighted by Crippen LogP contribution is -2.41. The first-order valence-corrected chi connectivity index (χ1v) is 9.86. The van der Waals surface area contributed by atoms with Crippen LogP contribution >= 0.6 is 11.8 Å². The molecule has 5 nitrogen and oxygen atoms in total. The first-order valence-electron chi connectivity index (χ1n) is 8.88. The van der Waals surface area contributed by atoms with Crippen molar-refractivity contribution < 1.29 is 9.59 Å². The van der Waals surface area contributed by atoms with Gasteiger partial charge in [-0.3, -0.25) is 9.78 Å². The van der Waals surface area contributed by atoms with Gasteiger partial charge in [0.05, 0.1) is 0 Å². The van der Waals surface area contributed by atoms with Crippen molar-refractivity contribution in [3.05, 3.63) is 41.7 Å². The van der Waals surface area contributed by atoms with E-state index >= 15 is 0 Å². The molecule has 1 N–H and O–H groups in total. The van der Waals surface area contributed by atoms with Crippen molar-refractivity contribution in [3.63, 3.8) is 0 Å². The molecule has 0 fully saturated rings. The van der Waals surface area contributed by atoms with Gasteiger partial charge in [0.15, 0.2) is 5.12 Å². The molecular weight excluding hydrogens is 334 g/mol. The van der Waals surface area contributed by atoms with Crippen LogP contribution in [0, 0.1) is 0 Å². The fraction of sp³-hybridized carbons (Fsp3) is 0.526. The van der Waals surface area contributed by atoms with Gasteiger partial charge in [0.25, 0.3) is 0 Å². The molecule has 0 spiro atoms. The van der Waals surface area contributed by atoms with Gasteiger partial charge in [-0.05, 0) is 49.8 Å². The molecule has 0 saturated carbocycles. The lowest BCUT2D eigenvalue weighted by Gasteiger charge is -2.24. The third kappa shape index (κ3) is 7.73. The molecule has 0 aromatic carbocycles. The summed E-state index contributed by atoms with van der Waals surface area (Å²) in [4.78, 5) is 29.5. The number of thioether (sulfide) groups is 1. The number of aromatic nitrogens is 1. The molecular formula is C19H27N3O2S. The zero-order valence-corrected chi connectivity index (χ0v) is 15.7. The van der Waals surface area contributed by atoms with Gasteiger partial charge in [-0.25, -0.2) is 4.79 Å². The molecule has 1 aromatic rings. The Balaban J connectivity index is 1.85. The minimum Gasteiger partial charge on any atom is -0.334 e. The van der Waals surface area contributed by atoms with Crippen molar-refractivity contribution >= 4 is 22.9 Å². The van der Waals surface area contributed by atoms with Gasteiger partial charge in [-0.2, -0.15) is 0 Å². The molecule has 2 amide bonds. The molecule has 1 aromatic heterocycles. The number of carbonyl (C=O) groups is 2. The number of allylic oxidation sites excluding steroid dienone is 1. The Bertz CT molecular complexity index is 590. The average Bonchev–Trinajstić information content (AvgIpc) is 2.64. The predicted molar refractivity (Wildman–Crippen MR) is 102 cm³/mol. The lowest BCUT2D eigenvalue weighted by molar-refractivity contribution is -0.109. The number of carbonyl (C=O) groups excluding carboxylic acids is 2. The second-order valence-corrected chi connectivity index (χ2v) is 7.47. The maximum absolute atomic E-state index is 12.6. The van der Waals surface area contributed by atoms with Crippen LogP contribution < -0.4 is 5.32 Å². The van der Waals surface area contributed by atoms with E-state index in [0.717, 1.165) is 24.8 Å². The third-order valence-corrected chi connectivity index (χ3v) is 5.03. The standard InChI is InChI=1S/C19H27N3O2S/c1-16(23)25-14-13-22(12-9-17-5-3-2-4-6-17)19(24)21-15-18-7-10-20-11-8-18/h5,7-8,10-11H,2-4,6,9,12-15H2,1H3,(H,21,24). The summed E-state index contributed by atoms with van der Waals surface area (Å²) in [6.07, 6.45) is 11.5. The van der Waals surface area contributed by atoms with E-state index in [0.29, 0.717) is 25.4 Å². The lowest BCUT2D eigenvalue weighted by atomic mass is 9.97. The molecule has 0 aliphatic heterocycles. The van der Waals surface area contributed by atoms with Crippen LogP contribution in [0.15, 0.2) is 36.2 Å². The van der Waals surface area contributed by atoms with Crippen LogP contribution in [-0.4, -0.2) is 39.9 Å². The van der Waals surface area contributed by atoms with Crippen LogP contribution in [0.25, 0.3) is 0 Å². The van der Waals surface area contributed by atoms with Crippen molar-refractivity contribution in [1.29, 1.82) is 0 Å². The average molecular weight is 362 g/mol. The number of hydrogen-bond donors (Lipinski definition) is 1. The van der Waals surface area contributed by atoms with Crippen LogP contribution in [0.5, 0.6) is 0 Å². The van der Waals surface area contributed by atoms with Gasteiger partial charge in [-0.1, -0.05) is 23.4 Å². The van der Waals surface area contributed by atoms with Crippen LogP contribution in [0.1, 0.15) is 44.6 Å². The molecule has 0 bridgehead atoms. The highest BCUT2D eigenvalue weighted by Gasteiger charge is 2.14. The minimum atomic E-state index is -0.0719. The van der Waals surface area contributed by atoms with E-state index in [9.17, 15) is 9.59 Å². The Morgan fingerprint density at radius 3 is 2.72 bits per heavy atom. The zero-order chi connectivity index (χ0) is 17.9. The van der Waals surface area contributed by atoms with Gasteiger partial charge in [0.2, 0.25) is 0 Å². The van der Waals surface area contributed by atoms with Crippen molar-refractivity contribution in [2.45, 2.75) is 45.6 Å². The van der Waals surface area contributed by atoms with Gasteiger partial charge in [0, 0.05) is 44.7 Å². The highest BCUT2D eigenvalue weighted by atomic mass is 32.2. The predicted octanol–water partition coefficient (Wildman–Crippen LogP) is 3.76. The number of pyridine rings is 1. The van der Waals surface area contributed by atoms with Crippen LogP contribution in [-0.2, 0) is 11.3 Å². The number of hydrogen-bond acceptors (Lipinski definition) is 4. The zero-order valence-electron chi connectivity index (χ0n) is 14.9. The Kier molecular flexibility index (Phi) is 8.52. The number of nitrogens with one attached hydrogen (secondary N) is 1. The van der Waals surface area contributed by atoms with E-state index in [2.05, 4.69) is 16.4 Å². The maximum Gasteiger partial charge on any atom is 0.317 e. The first kappa shape index (κ1) is 19.5. The molecule has 0 radical (unpaired) electrons. The van der Waals surface area contributed by atoms with Crippen molar-refractivity contribution in [1.82, 2.24) is 15.2 Å². The first-order chi connectivity index (χ1) is 12.1. The molecule has 2 rings (SSSR count). The topological polar surface area (TPSA) is 62.3 Å². The fourth-order valence-corrected chi connectivity index (χ4v) is 3.41. The minimum absolute atomic E-state index is 0.0719. The smallest absolute Gasteiger partial charge is 0.317 e. The molecule has 0 saturated heterocycles. The Labute approximate surface area is 154 Å². The Hall–Kier alpha value is -1.82. The second kappa shape index (κ2) is 10.9. The summed E-state index contributed by atoms with van der Waals surface area (Å²) in [6.45, 7) is 3.33. The number of nitrogens with zero attached hydrogens (tertiary/aromatic N) is 2. The van der Waals surface area contributed by atoms with Crippen molar-refractivity contribution in [2.75, 3.05) is 18.8 Å². The number of amides is 2. The van der Waals surface area contributed by atoms with E-state index in [-0.39, 0.29) is 11.1 Å². The van der Waals surface area contributed by atoms with Crippen LogP contribution in [0.3, 0.4) is 0 Å². The van der Waals surface area contributed by atoms with Gasteiger partial charge in [-0.15, -0.1) is 0 Å². The van der Waals surface area contributed by atoms with E-state index in [1.165, 1.54) is 30.2 Å². The third-order valence-electron chi connectivity index (χ3n) is 4.23. The van der Waals surface area contributed by atoms with Crippen LogP contribution in [0.4, 0.5) is 4.79 Å². The molecule has 1 aliphatic carbocycles. The van der Waals surface area contributed by atoms with E-state index in [4.69, 9.17) is 0 Å². The summed E-state index contributed by atoms with van der Waals surface area (Å²) in [6, 6.07) is 3.71. The molecule has 1 heterocycles. The Morgan fingerprint density at radius 2 is 2.04 bits per heavy atom. The fourth-order valence-electron chi connectivity index (χ4n) is 2.81. The van der Waals surface area contributed by atoms with Crippen molar-refractivity contribution in [3.8, 4) is 0 Å². The summed E-state index contributed by atoms with van der Waals surface area (Å²) < 4.78 is 0. The maximum atomic E-state index is 12.6. The van der Waals surface area contributed by atoms with Gasteiger partial charge < -0.3 is 10.2 Å². The monoisotopic (exact) mass is 361 g/mol. The SMILES string of the molecule is CC(=O)SCCN(CCC1=CCCCC1)C(=O)NCc1ccncc1. The molecule has 25 heavy (non-hydrogen) atoms. The van der Waals surface area contributed by atoms with E-state index < -0.39 is 0 Å². The molecule has 0 unspecified atom stereocenters. The van der Waals surface area contributed by atoms with Crippen molar-refractivity contribution in [2.24, 2.45) is 0 Å². The summed E-state index contributed by atoms with van der Waals surface area (Å²) in [5, 5.41) is 3.06. The number of urea groups is 1. The highest BCUT2D eigenvalue weighted by Crippen LogP contribution is 2.20. The summed E-state index contributed by atoms with van der Waals surface area (Å²) >= 11 is 1.27. The largest absolute Gasteiger partial charge is 0.334 e.